The Hall–Kier alpha value is -1.82. The van der Waals surface area contributed by atoms with Gasteiger partial charge in [-0.3, -0.25) is 9.59 Å². The van der Waals surface area contributed by atoms with Gasteiger partial charge < -0.3 is 15.1 Å². The van der Waals surface area contributed by atoms with Gasteiger partial charge in [-0.2, -0.15) is 0 Å². The highest BCUT2D eigenvalue weighted by molar-refractivity contribution is 9.10. The maximum absolute atomic E-state index is 12.1. The lowest BCUT2D eigenvalue weighted by Gasteiger charge is -2.04. The minimum absolute atomic E-state index is 0.0322. The van der Waals surface area contributed by atoms with Crippen molar-refractivity contribution in [1.29, 1.82) is 0 Å². The van der Waals surface area contributed by atoms with E-state index in [2.05, 4.69) is 26.6 Å². The van der Waals surface area contributed by atoms with Crippen LogP contribution in [-0.4, -0.2) is 24.4 Å². The second kappa shape index (κ2) is 5.52. The topological polar surface area (TPSA) is 71.3 Å². The Bertz CT molecular complexity index is 719. The molecule has 1 saturated carbocycles. The van der Waals surface area contributed by atoms with Crippen molar-refractivity contribution >= 4 is 38.7 Å². The summed E-state index contributed by atoms with van der Waals surface area (Å²) in [4.78, 5) is 23.7. The van der Waals surface area contributed by atoms with Gasteiger partial charge in [0, 0.05) is 21.5 Å². The molecule has 0 spiro atoms. The maximum Gasteiger partial charge on any atom is 0.287 e. The third-order valence-corrected chi connectivity index (χ3v) is 3.95. The highest BCUT2D eigenvalue weighted by Crippen LogP contribution is 2.27. The van der Waals surface area contributed by atoms with Crippen LogP contribution in [0.15, 0.2) is 27.1 Å². The van der Waals surface area contributed by atoms with Crippen LogP contribution in [0.5, 0.6) is 0 Å². The summed E-state index contributed by atoms with van der Waals surface area (Å²) in [7, 11) is 0. The van der Waals surface area contributed by atoms with Crippen molar-refractivity contribution in [3.05, 3.63) is 34.0 Å². The van der Waals surface area contributed by atoms with Crippen molar-refractivity contribution in [2.24, 2.45) is 0 Å². The lowest BCUT2D eigenvalue weighted by Crippen LogP contribution is -2.37. The molecule has 1 aliphatic carbocycles. The Morgan fingerprint density at radius 3 is 2.86 bits per heavy atom. The van der Waals surface area contributed by atoms with E-state index < -0.39 is 0 Å². The standard InChI is InChI=1S/C15H15BrN2O3/c1-8-11-6-9(16)2-5-12(11)21-14(8)15(20)17-7-13(19)18-10-3-4-10/h2,5-6,10H,3-4,7H2,1H3,(H,17,20)(H,18,19). The van der Waals surface area contributed by atoms with Gasteiger partial charge in [-0.05, 0) is 38.0 Å². The number of hydrogen-bond acceptors (Lipinski definition) is 3. The molecule has 21 heavy (non-hydrogen) atoms. The summed E-state index contributed by atoms with van der Waals surface area (Å²) in [6.45, 7) is 1.80. The molecule has 1 aromatic carbocycles. The first-order valence-electron chi connectivity index (χ1n) is 6.81. The predicted molar refractivity (Wildman–Crippen MR) is 82.1 cm³/mol. The molecule has 5 nitrogen and oxygen atoms in total. The molecule has 2 aromatic rings. The summed E-state index contributed by atoms with van der Waals surface area (Å²) in [6, 6.07) is 5.86. The Labute approximate surface area is 130 Å². The number of fused-ring (bicyclic) bond motifs is 1. The number of rotatable bonds is 4. The maximum atomic E-state index is 12.1. The van der Waals surface area contributed by atoms with Gasteiger partial charge in [0.2, 0.25) is 5.91 Å². The number of halogens is 1. The average Bonchev–Trinajstić information content (AvgIpc) is 3.20. The zero-order valence-corrected chi connectivity index (χ0v) is 13.1. The van der Waals surface area contributed by atoms with E-state index in [1.807, 2.05) is 25.1 Å². The second-order valence-electron chi connectivity index (χ2n) is 5.22. The molecule has 0 bridgehead atoms. The summed E-state index contributed by atoms with van der Waals surface area (Å²) in [5.74, 6) is -0.282. The molecule has 1 fully saturated rings. The molecule has 0 radical (unpaired) electrons. The van der Waals surface area contributed by atoms with E-state index in [9.17, 15) is 9.59 Å². The molecule has 6 heteroatoms. The van der Waals surface area contributed by atoms with Gasteiger partial charge in [0.1, 0.15) is 5.58 Å². The van der Waals surface area contributed by atoms with E-state index in [0.717, 1.165) is 28.3 Å². The lowest BCUT2D eigenvalue weighted by molar-refractivity contribution is -0.120. The molecule has 1 aromatic heterocycles. The fourth-order valence-corrected chi connectivity index (χ4v) is 2.52. The lowest BCUT2D eigenvalue weighted by atomic mass is 10.1. The van der Waals surface area contributed by atoms with Crippen molar-refractivity contribution in [2.75, 3.05) is 6.54 Å². The third-order valence-electron chi connectivity index (χ3n) is 3.46. The number of aryl methyl sites for hydroxylation is 1. The Morgan fingerprint density at radius 1 is 1.38 bits per heavy atom. The molecule has 1 aliphatic rings. The van der Waals surface area contributed by atoms with E-state index in [1.54, 1.807) is 0 Å². The van der Waals surface area contributed by atoms with Crippen molar-refractivity contribution in [1.82, 2.24) is 10.6 Å². The van der Waals surface area contributed by atoms with Gasteiger partial charge in [-0.1, -0.05) is 15.9 Å². The van der Waals surface area contributed by atoms with Crippen LogP contribution in [0.3, 0.4) is 0 Å². The van der Waals surface area contributed by atoms with Crippen LogP contribution in [0.4, 0.5) is 0 Å². The average molecular weight is 351 g/mol. The van der Waals surface area contributed by atoms with Gasteiger partial charge in [-0.25, -0.2) is 0 Å². The predicted octanol–water partition coefficient (Wildman–Crippen LogP) is 2.51. The van der Waals surface area contributed by atoms with E-state index in [-0.39, 0.29) is 24.1 Å². The first kappa shape index (κ1) is 14.1. The van der Waals surface area contributed by atoms with Crippen molar-refractivity contribution < 1.29 is 14.0 Å². The van der Waals surface area contributed by atoms with E-state index in [1.165, 1.54) is 0 Å². The quantitative estimate of drug-likeness (QED) is 0.889. The van der Waals surface area contributed by atoms with Gasteiger partial charge in [-0.15, -0.1) is 0 Å². The zero-order chi connectivity index (χ0) is 15.0. The van der Waals surface area contributed by atoms with E-state index in [0.29, 0.717) is 11.6 Å². The van der Waals surface area contributed by atoms with Gasteiger partial charge in [0.25, 0.3) is 5.91 Å². The van der Waals surface area contributed by atoms with Crippen LogP contribution < -0.4 is 10.6 Å². The highest BCUT2D eigenvalue weighted by atomic mass is 79.9. The van der Waals surface area contributed by atoms with Crippen LogP contribution in [-0.2, 0) is 4.79 Å². The molecule has 110 valence electrons. The number of benzene rings is 1. The van der Waals surface area contributed by atoms with Crippen molar-refractivity contribution in [3.8, 4) is 0 Å². The van der Waals surface area contributed by atoms with Crippen molar-refractivity contribution in [2.45, 2.75) is 25.8 Å². The molecular formula is C15H15BrN2O3. The molecule has 3 rings (SSSR count). The summed E-state index contributed by atoms with van der Waals surface area (Å²) >= 11 is 3.40. The minimum Gasteiger partial charge on any atom is -0.451 e. The van der Waals surface area contributed by atoms with Gasteiger partial charge in [0.05, 0.1) is 6.54 Å². The monoisotopic (exact) mass is 350 g/mol. The number of furan rings is 1. The molecule has 1 heterocycles. The summed E-state index contributed by atoms with van der Waals surface area (Å²) < 4.78 is 6.50. The van der Waals surface area contributed by atoms with Crippen LogP contribution in [0.2, 0.25) is 0 Å². The van der Waals surface area contributed by atoms with E-state index >= 15 is 0 Å². The smallest absolute Gasteiger partial charge is 0.287 e. The Morgan fingerprint density at radius 2 is 2.14 bits per heavy atom. The molecule has 0 saturated heterocycles. The second-order valence-corrected chi connectivity index (χ2v) is 6.14. The van der Waals surface area contributed by atoms with Crippen LogP contribution in [0.25, 0.3) is 11.0 Å². The summed E-state index contributed by atoms with van der Waals surface area (Å²) in [5, 5.41) is 6.30. The third kappa shape index (κ3) is 3.10. The fourth-order valence-electron chi connectivity index (χ4n) is 2.16. The normalized spacial score (nSPS) is 14.2. The molecule has 0 atom stereocenters. The molecule has 2 N–H and O–H groups in total. The van der Waals surface area contributed by atoms with Crippen LogP contribution >= 0.6 is 15.9 Å². The molecule has 2 amide bonds. The summed E-state index contributed by atoms with van der Waals surface area (Å²) in [5.41, 5.74) is 1.43. The first-order chi connectivity index (χ1) is 10.0. The minimum atomic E-state index is -0.370. The number of carbonyl (C=O) groups is 2. The Kier molecular flexibility index (Phi) is 3.71. The zero-order valence-electron chi connectivity index (χ0n) is 11.5. The van der Waals surface area contributed by atoms with Crippen LogP contribution in [0.1, 0.15) is 29.0 Å². The largest absolute Gasteiger partial charge is 0.451 e. The Balaban J connectivity index is 1.71. The van der Waals surface area contributed by atoms with Crippen LogP contribution in [0, 0.1) is 6.92 Å². The van der Waals surface area contributed by atoms with E-state index in [4.69, 9.17) is 4.42 Å². The number of carbonyl (C=O) groups excluding carboxylic acids is 2. The molecular weight excluding hydrogens is 336 g/mol. The fraction of sp³-hybridized carbons (Fsp3) is 0.333. The SMILES string of the molecule is Cc1c(C(=O)NCC(=O)NC2CC2)oc2ccc(Br)cc12. The number of nitrogens with one attached hydrogen (secondary N) is 2. The molecule has 0 unspecified atom stereocenters. The first-order valence-corrected chi connectivity index (χ1v) is 7.60. The summed E-state index contributed by atoms with van der Waals surface area (Å²) in [6.07, 6.45) is 2.05. The number of hydrogen-bond donors (Lipinski definition) is 2. The van der Waals surface area contributed by atoms with Gasteiger partial charge >= 0.3 is 0 Å². The molecule has 0 aliphatic heterocycles. The number of amides is 2. The van der Waals surface area contributed by atoms with Crippen molar-refractivity contribution in [3.63, 3.8) is 0 Å². The highest BCUT2D eigenvalue weighted by Gasteiger charge is 2.24. The van der Waals surface area contributed by atoms with Gasteiger partial charge in [0.15, 0.2) is 5.76 Å².